The second kappa shape index (κ2) is 4.72. The molecule has 90 valence electrons. The summed E-state index contributed by atoms with van der Waals surface area (Å²) in [7, 11) is 0. The Morgan fingerprint density at radius 2 is 2.17 bits per heavy atom. The van der Waals surface area contributed by atoms with Crippen LogP contribution in [0.2, 0.25) is 0 Å². The lowest BCUT2D eigenvalue weighted by molar-refractivity contribution is 0.631. The maximum Gasteiger partial charge on any atom is 0.148 e. The number of rotatable bonds is 2. The fourth-order valence-electron chi connectivity index (χ4n) is 1.53. The van der Waals surface area contributed by atoms with E-state index in [9.17, 15) is 4.39 Å². The van der Waals surface area contributed by atoms with E-state index in [-0.39, 0.29) is 17.1 Å². The summed E-state index contributed by atoms with van der Waals surface area (Å²) in [5.74, 6) is -0.112. The largest absolute Gasteiger partial charge is 0.397 e. The number of nitrogens with two attached hydrogens (primary N) is 1. The van der Waals surface area contributed by atoms with Crippen molar-refractivity contribution in [3.8, 4) is 6.07 Å². The van der Waals surface area contributed by atoms with Gasteiger partial charge in [-0.05, 0) is 30.7 Å². The van der Waals surface area contributed by atoms with Crippen LogP contribution in [0.1, 0.15) is 11.1 Å². The van der Waals surface area contributed by atoms with Crippen LogP contribution < -0.4 is 11.1 Å². The first-order valence-corrected chi connectivity index (χ1v) is 5.29. The first-order valence-electron chi connectivity index (χ1n) is 5.29. The highest BCUT2D eigenvalue weighted by Gasteiger charge is 2.08. The van der Waals surface area contributed by atoms with Crippen LogP contribution in [0, 0.1) is 24.1 Å². The van der Waals surface area contributed by atoms with Crippen LogP contribution in [0.25, 0.3) is 0 Å². The zero-order valence-electron chi connectivity index (χ0n) is 9.74. The number of nitrogen functional groups attached to an aromatic ring is 1. The minimum absolute atomic E-state index is 0.274. The lowest BCUT2D eigenvalue weighted by Gasteiger charge is -2.09. The molecule has 4 nitrogen and oxygen atoms in total. The van der Waals surface area contributed by atoms with Gasteiger partial charge in [0, 0.05) is 0 Å². The molecule has 0 aliphatic rings. The Labute approximate surface area is 104 Å². The van der Waals surface area contributed by atoms with Gasteiger partial charge in [0.1, 0.15) is 17.7 Å². The Kier molecular flexibility index (Phi) is 3.11. The number of hydrogen-bond acceptors (Lipinski definition) is 4. The summed E-state index contributed by atoms with van der Waals surface area (Å²) in [6.07, 6.45) is 1.41. The highest BCUT2D eigenvalue weighted by Crippen LogP contribution is 2.23. The van der Waals surface area contributed by atoms with Gasteiger partial charge in [0.25, 0.3) is 0 Å². The molecule has 0 saturated carbocycles. The smallest absolute Gasteiger partial charge is 0.148 e. The van der Waals surface area contributed by atoms with E-state index in [0.717, 1.165) is 5.56 Å². The molecule has 1 heterocycles. The Bertz CT molecular complexity index is 631. The summed E-state index contributed by atoms with van der Waals surface area (Å²) in [6.45, 7) is 1.85. The van der Waals surface area contributed by atoms with E-state index in [4.69, 9.17) is 11.0 Å². The summed E-state index contributed by atoms with van der Waals surface area (Å²) in [4.78, 5) is 3.99. The van der Waals surface area contributed by atoms with E-state index in [2.05, 4.69) is 10.3 Å². The molecule has 0 aliphatic carbocycles. The minimum Gasteiger partial charge on any atom is -0.397 e. The van der Waals surface area contributed by atoms with Gasteiger partial charge in [-0.3, -0.25) is 0 Å². The van der Waals surface area contributed by atoms with E-state index < -0.39 is 5.82 Å². The van der Waals surface area contributed by atoms with Gasteiger partial charge >= 0.3 is 0 Å². The number of hydrogen-bond donors (Lipinski definition) is 2. The number of nitriles is 1. The molecule has 0 fully saturated rings. The number of halogens is 1. The van der Waals surface area contributed by atoms with Crippen LogP contribution in [0.5, 0.6) is 0 Å². The second-order valence-electron chi connectivity index (χ2n) is 3.88. The molecule has 1 aromatic heterocycles. The van der Waals surface area contributed by atoms with Gasteiger partial charge in [-0.1, -0.05) is 6.07 Å². The molecule has 3 N–H and O–H groups in total. The molecule has 2 aromatic rings. The summed E-state index contributed by atoms with van der Waals surface area (Å²) >= 11 is 0. The normalized spacial score (nSPS) is 9.83. The van der Waals surface area contributed by atoms with Crippen molar-refractivity contribution in [2.45, 2.75) is 6.92 Å². The predicted octanol–water partition coefficient (Wildman–Crippen LogP) is 2.73. The lowest BCUT2D eigenvalue weighted by Crippen LogP contribution is -2.00. The molecular weight excluding hydrogens is 231 g/mol. The molecule has 0 radical (unpaired) electrons. The summed E-state index contributed by atoms with van der Waals surface area (Å²) in [5.41, 5.74) is 7.39. The molecule has 0 saturated heterocycles. The van der Waals surface area contributed by atoms with Crippen LogP contribution in [-0.4, -0.2) is 4.98 Å². The Balaban J connectivity index is 2.40. The number of aromatic nitrogens is 1. The molecule has 2 rings (SSSR count). The first-order chi connectivity index (χ1) is 8.60. The van der Waals surface area contributed by atoms with E-state index in [1.807, 2.05) is 13.0 Å². The van der Waals surface area contributed by atoms with Crippen molar-refractivity contribution in [3.63, 3.8) is 0 Å². The molecule has 0 unspecified atom stereocenters. The van der Waals surface area contributed by atoms with Gasteiger partial charge in [0.05, 0.1) is 23.1 Å². The Hall–Kier alpha value is -2.61. The van der Waals surface area contributed by atoms with Crippen LogP contribution in [0.15, 0.2) is 30.5 Å². The van der Waals surface area contributed by atoms with E-state index in [0.29, 0.717) is 5.69 Å². The zero-order valence-corrected chi connectivity index (χ0v) is 9.74. The van der Waals surface area contributed by atoms with Crippen molar-refractivity contribution in [1.82, 2.24) is 4.98 Å². The standard InChI is InChI=1S/C13H11FN4/c1-8-2-3-11(14)12(4-8)18-13-9(6-15)5-10(16)7-17-13/h2-5,7H,16H2,1H3,(H,17,18). The molecule has 5 heteroatoms. The number of anilines is 3. The van der Waals surface area contributed by atoms with Gasteiger partial charge in [0.2, 0.25) is 0 Å². The van der Waals surface area contributed by atoms with Crippen molar-refractivity contribution in [2.24, 2.45) is 0 Å². The zero-order chi connectivity index (χ0) is 13.1. The molecular formula is C13H11FN4. The molecule has 0 aliphatic heterocycles. The Morgan fingerprint density at radius 3 is 2.89 bits per heavy atom. The number of pyridine rings is 1. The third-order valence-corrected chi connectivity index (χ3v) is 2.40. The number of benzene rings is 1. The highest BCUT2D eigenvalue weighted by atomic mass is 19.1. The van der Waals surface area contributed by atoms with Crippen LogP contribution in [0.3, 0.4) is 0 Å². The summed E-state index contributed by atoms with van der Waals surface area (Å²) < 4.78 is 13.6. The molecule has 0 bridgehead atoms. The average Bonchev–Trinajstić information content (AvgIpc) is 2.36. The van der Waals surface area contributed by atoms with Crippen molar-refractivity contribution < 1.29 is 4.39 Å². The molecule has 0 atom stereocenters. The van der Waals surface area contributed by atoms with Crippen molar-refractivity contribution in [1.29, 1.82) is 5.26 Å². The quantitative estimate of drug-likeness (QED) is 0.849. The van der Waals surface area contributed by atoms with Crippen LogP contribution in [0.4, 0.5) is 21.6 Å². The fraction of sp³-hybridized carbons (Fsp3) is 0.0769. The number of nitrogens with zero attached hydrogens (tertiary/aromatic N) is 2. The van der Waals surface area contributed by atoms with Crippen LogP contribution >= 0.6 is 0 Å². The predicted molar refractivity (Wildman–Crippen MR) is 67.8 cm³/mol. The number of aryl methyl sites for hydroxylation is 1. The third kappa shape index (κ3) is 2.38. The van der Waals surface area contributed by atoms with Crippen molar-refractivity contribution in [3.05, 3.63) is 47.4 Å². The molecule has 1 aromatic carbocycles. The lowest BCUT2D eigenvalue weighted by atomic mass is 10.2. The van der Waals surface area contributed by atoms with Crippen molar-refractivity contribution >= 4 is 17.2 Å². The monoisotopic (exact) mass is 242 g/mol. The van der Waals surface area contributed by atoms with Gasteiger partial charge in [-0.15, -0.1) is 0 Å². The second-order valence-corrected chi connectivity index (χ2v) is 3.88. The summed E-state index contributed by atoms with van der Waals surface area (Å²) in [5, 5.41) is 11.8. The summed E-state index contributed by atoms with van der Waals surface area (Å²) in [6, 6.07) is 8.13. The van der Waals surface area contributed by atoms with Gasteiger partial charge in [0.15, 0.2) is 0 Å². The maximum atomic E-state index is 13.6. The van der Waals surface area contributed by atoms with E-state index in [1.54, 1.807) is 12.1 Å². The highest BCUT2D eigenvalue weighted by molar-refractivity contribution is 5.65. The Morgan fingerprint density at radius 1 is 1.39 bits per heavy atom. The number of nitrogens with one attached hydrogen (secondary N) is 1. The first kappa shape index (κ1) is 11.9. The fourth-order valence-corrected chi connectivity index (χ4v) is 1.53. The van der Waals surface area contributed by atoms with Gasteiger partial charge in [-0.25, -0.2) is 9.37 Å². The molecule has 18 heavy (non-hydrogen) atoms. The van der Waals surface area contributed by atoms with Crippen molar-refractivity contribution in [2.75, 3.05) is 11.1 Å². The van der Waals surface area contributed by atoms with E-state index >= 15 is 0 Å². The molecule has 0 spiro atoms. The van der Waals surface area contributed by atoms with Gasteiger partial charge < -0.3 is 11.1 Å². The third-order valence-electron chi connectivity index (χ3n) is 2.40. The molecule has 0 amide bonds. The SMILES string of the molecule is Cc1ccc(F)c(Nc2ncc(N)cc2C#N)c1. The minimum atomic E-state index is -0.400. The maximum absolute atomic E-state index is 13.6. The topological polar surface area (TPSA) is 74.7 Å². The van der Waals surface area contributed by atoms with E-state index in [1.165, 1.54) is 18.3 Å². The average molecular weight is 242 g/mol. The van der Waals surface area contributed by atoms with Gasteiger partial charge in [-0.2, -0.15) is 5.26 Å². The van der Waals surface area contributed by atoms with Crippen LogP contribution in [-0.2, 0) is 0 Å².